The zero-order valence-corrected chi connectivity index (χ0v) is 26.0. The predicted octanol–water partition coefficient (Wildman–Crippen LogP) is 5.08. The Morgan fingerprint density at radius 2 is 1.89 bits per heavy atom. The number of likely N-dealkylation sites (tertiary alicyclic amines) is 1. The number of rotatable bonds is 7. The number of hydrogen-bond donors (Lipinski definition) is 2. The third-order valence-electron chi connectivity index (χ3n) is 8.83. The number of carbonyl (C=O) groups excluding carboxylic acids is 2. The van der Waals surface area contributed by atoms with Crippen LogP contribution >= 0.6 is 11.6 Å². The molecule has 3 aromatic heterocycles. The minimum atomic E-state index is -1.18. The molecule has 0 unspecified atom stereocenters. The molecule has 238 valence electrons. The molecule has 46 heavy (non-hydrogen) atoms. The Balaban J connectivity index is 1.34. The van der Waals surface area contributed by atoms with E-state index in [1.54, 1.807) is 18.2 Å². The summed E-state index contributed by atoms with van der Waals surface area (Å²) in [6.45, 7) is 0.944. The molecule has 2 aromatic carbocycles. The van der Waals surface area contributed by atoms with Crippen LogP contribution in [0.15, 0.2) is 42.5 Å². The smallest absolute Gasteiger partial charge is 0.254 e. The fourth-order valence-electron chi connectivity index (χ4n) is 6.38. The third-order valence-corrected chi connectivity index (χ3v) is 9.14. The van der Waals surface area contributed by atoms with Crippen molar-refractivity contribution in [2.75, 3.05) is 20.2 Å². The number of nitrogens with two attached hydrogens (primary N) is 2. The summed E-state index contributed by atoms with van der Waals surface area (Å²) in [6.07, 6.45) is 1.22. The maximum atomic E-state index is 15.2. The Kier molecular flexibility index (Phi) is 7.44. The topological polar surface area (TPSA) is 134 Å². The maximum Gasteiger partial charge on any atom is 0.254 e. The highest BCUT2D eigenvalue weighted by atomic mass is 35.5. The first kappa shape index (κ1) is 30.1. The van der Waals surface area contributed by atoms with Crippen LogP contribution in [-0.4, -0.2) is 68.2 Å². The Morgan fingerprint density at radius 1 is 1.11 bits per heavy atom. The Bertz CT molecular complexity index is 2040. The highest BCUT2D eigenvalue weighted by Crippen LogP contribution is 2.38. The molecule has 1 saturated heterocycles. The van der Waals surface area contributed by atoms with Crippen molar-refractivity contribution in [1.29, 1.82) is 0 Å². The molecular formula is C33H32ClF2N7O3. The number of methoxy groups -OCH3 is 1. The molecule has 0 radical (unpaired) electrons. The molecular weight excluding hydrogens is 616 g/mol. The molecule has 1 aliphatic heterocycles. The van der Waals surface area contributed by atoms with E-state index in [0.29, 0.717) is 52.0 Å². The molecule has 0 spiro atoms. The molecule has 2 amide bonds. The summed E-state index contributed by atoms with van der Waals surface area (Å²) in [4.78, 5) is 36.4. The zero-order valence-electron chi connectivity index (χ0n) is 25.3. The standard InChI is InChI=1S/C33H32ClF2N7O3/c1-41-29-26(7-18(9-28(29)46-2)33(45)42-14-19(35)10-20(37)15-42)40-32(41)27-8-17-5-6-25(39-31(17)43(27)13-16-3-4-16)22-11-23(34)21(30(38)44)12-24(22)36/h5-9,11-12,16,19-20H,3-4,10,13-15,37H2,1-2H3,(H2,38,44)/t19-,20-/m1/s1. The number of piperidine rings is 1. The number of hydrogen-bond acceptors (Lipinski definition) is 6. The first-order chi connectivity index (χ1) is 22.0. The monoisotopic (exact) mass is 647 g/mol. The predicted molar refractivity (Wildman–Crippen MR) is 171 cm³/mol. The van der Waals surface area contributed by atoms with Gasteiger partial charge in [-0.3, -0.25) is 9.59 Å². The van der Waals surface area contributed by atoms with Crippen molar-refractivity contribution in [1.82, 2.24) is 24.0 Å². The second kappa shape index (κ2) is 11.4. The van der Waals surface area contributed by atoms with Crippen LogP contribution in [0.4, 0.5) is 8.78 Å². The summed E-state index contributed by atoms with van der Waals surface area (Å²) in [6, 6.07) is 10.9. The van der Waals surface area contributed by atoms with Gasteiger partial charge in [-0.25, -0.2) is 18.7 Å². The highest BCUT2D eigenvalue weighted by molar-refractivity contribution is 6.34. The average molecular weight is 648 g/mol. The van der Waals surface area contributed by atoms with Gasteiger partial charge in [-0.2, -0.15) is 0 Å². The van der Waals surface area contributed by atoms with Gasteiger partial charge in [0.25, 0.3) is 5.91 Å². The molecule has 1 saturated carbocycles. The van der Waals surface area contributed by atoms with Gasteiger partial charge in [0, 0.05) is 42.7 Å². The van der Waals surface area contributed by atoms with Crippen LogP contribution in [0.5, 0.6) is 5.75 Å². The number of aromatic nitrogens is 4. The lowest BCUT2D eigenvalue weighted by Gasteiger charge is -2.33. The normalized spacial score (nSPS) is 18.4. The number of ether oxygens (including phenoxy) is 1. The lowest BCUT2D eigenvalue weighted by atomic mass is 10.0. The summed E-state index contributed by atoms with van der Waals surface area (Å²) in [5.74, 6) is -0.266. The number of fused-ring (bicyclic) bond motifs is 2. The van der Waals surface area contributed by atoms with E-state index in [1.165, 1.54) is 18.1 Å². The molecule has 2 atom stereocenters. The number of primary amides is 1. The molecule has 13 heteroatoms. The summed E-state index contributed by atoms with van der Waals surface area (Å²) in [5, 5.41) is 0.871. The van der Waals surface area contributed by atoms with E-state index in [-0.39, 0.29) is 41.6 Å². The number of aryl methyl sites for hydroxylation is 1. The highest BCUT2D eigenvalue weighted by Gasteiger charge is 2.31. The van der Waals surface area contributed by atoms with E-state index >= 15 is 4.39 Å². The Hall–Kier alpha value is -4.55. The lowest BCUT2D eigenvalue weighted by Crippen LogP contribution is -2.50. The number of nitrogens with zero attached hydrogens (tertiary/aromatic N) is 5. The van der Waals surface area contributed by atoms with E-state index < -0.39 is 23.9 Å². The number of halogens is 3. The fourth-order valence-corrected chi connectivity index (χ4v) is 6.64. The maximum absolute atomic E-state index is 15.2. The first-order valence-corrected chi connectivity index (χ1v) is 15.4. The first-order valence-electron chi connectivity index (χ1n) is 15.1. The summed E-state index contributed by atoms with van der Waals surface area (Å²) in [5.41, 5.74) is 14.8. The molecule has 5 aromatic rings. The van der Waals surface area contributed by atoms with Crippen molar-refractivity contribution in [3.63, 3.8) is 0 Å². The van der Waals surface area contributed by atoms with E-state index in [9.17, 15) is 14.0 Å². The fraction of sp³-hybridized carbons (Fsp3) is 0.333. The lowest BCUT2D eigenvalue weighted by molar-refractivity contribution is 0.0606. The van der Waals surface area contributed by atoms with E-state index in [0.717, 1.165) is 30.0 Å². The van der Waals surface area contributed by atoms with Gasteiger partial charge >= 0.3 is 0 Å². The minimum Gasteiger partial charge on any atom is -0.494 e. The van der Waals surface area contributed by atoms with Crippen molar-refractivity contribution in [3.05, 3.63) is 64.4 Å². The quantitative estimate of drug-likeness (QED) is 0.253. The molecule has 4 N–H and O–H groups in total. The van der Waals surface area contributed by atoms with E-state index in [1.807, 2.05) is 23.7 Å². The van der Waals surface area contributed by atoms with Gasteiger partial charge in [0.05, 0.1) is 41.1 Å². The van der Waals surface area contributed by atoms with Crippen LogP contribution in [-0.2, 0) is 13.6 Å². The van der Waals surface area contributed by atoms with Gasteiger partial charge in [0.2, 0.25) is 5.91 Å². The number of amides is 2. The van der Waals surface area contributed by atoms with Crippen molar-refractivity contribution >= 4 is 45.5 Å². The molecule has 0 bridgehead atoms. The van der Waals surface area contributed by atoms with E-state index in [4.69, 9.17) is 37.8 Å². The summed E-state index contributed by atoms with van der Waals surface area (Å²) >= 11 is 6.26. The zero-order chi connectivity index (χ0) is 32.4. The van der Waals surface area contributed by atoms with Gasteiger partial charge in [-0.15, -0.1) is 0 Å². The van der Waals surface area contributed by atoms with Gasteiger partial charge in [-0.05, 0) is 67.6 Å². The number of benzene rings is 2. The average Bonchev–Trinajstić information content (AvgIpc) is 3.69. The molecule has 10 nitrogen and oxygen atoms in total. The van der Waals surface area contributed by atoms with Crippen molar-refractivity contribution in [2.45, 2.75) is 38.0 Å². The molecule has 1 aliphatic carbocycles. The van der Waals surface area contributed by atoms with Gasteiger partial charge < -0.3 is 30.2 Å². The largest absolute Gasteiger partial charge is 0.494 e. The minimum absolute atomic E-state index is 0.0119. The summed E-state index contributed by atoms with van der Waals surface area (Å²) in [7, 11) is 3.41. The number of alkyl halides is 1. The van der Waals surface area contributed by atoms with Gasteiger partial charge in [0.15, 0.2) is 5.82 Å². The number of pyridine rings is 1. The van der Waals surface area contributed by atoms with Crippen LogP contribution in [0.1, 0.15) is 40.0 Å². The second-order valence-corrected chi connectivity index (χ2v) is 12.6. The van der Waals surface area contributed by atoms with Crippen LogP contribution < -0.4 is 16.2 Å². The summed E-state index contributed by atoms with van der Waals surface area (Å²) < 4.78 is 39.2. The third kappa shape index (κ3) is 5.25. The van der Waals surface area contributed by atoms with Crippen LogP contribution in [0.25, 0.3) is 44.8 Å². The number of carbonyl (C=O) groups is 2. The Labute approximate surface area is 267 Å². The molecule has 7 rings (SSSR count). The SMILES string of the molecule is COc1cc(C(=O)N2C[C@H](N)C[C@@H](F)C2)cc2nc(-c3cc4ccc(-c5cc(Cl)c(C(N)=O)cc5F)nc4n3CC3CC3)n(C)c12. The molecule has 4 heterocycles. The van der Waals surface area contributed by atoms with Crippen molar-refractivity contribution in [2.24, 2.45) is 24.4 Å². The Morgan fingerprint density at radius 3 is 2.59 bits per heavy atom. The van der Waals surface area contributed by atoms with Crippen molar-refractivity contribution in [3.8, 4) is 28.5 Å². The van der Waals surface area contributed by atoms with Gasteiger partial charge in [0.1, 0.15) is 28.9 Å². The second-order valence-electron chi connectivity index (χ2n) is 12.2. The molecule has 2 fully saturated rings. The molecule has 2 aliphatic rings. The van der Waals surface area contributed by atoms with E-state index in [2.05, 4.69) is 4.57 Å². The van der Waals surface area contributed by atoms with Crippen LogP contribution in [0.3, 0.4) is 0 Å². The van der Waals surface area contributed by atoms with Crippen LogP contribution in [0.2, 0.25) is 5.02 Å². The van der Waals surface area contributed by atoms with Gasteiger partial charge in [-0.1, -0.05) is 11.6 Å². The van der Waals surface area contributed by atoms with Crippen LogP contribution in [0, 0.1) is 11.7 Å². The van der Waals surface area contributed by atoms with Crippen molar-refractivity contribution < 1.29 is 23.1 Å². The number of imidazole rings is 1.